The number of rotatable bonds is 7. The summed E-state index contributed by atoms with van der Waals surface area (Å²) in [5, 5.41) is 12.8. The van der Waals surface area contributed by atoms with Crippen LogP contribution in [0.3, 0.4) is 0 Å². The van der Waals surface area contributed by atoms with E-state index >= 15 is 0 Å². The minimum absolute atomic E-state index is 0.137. The van der Waals surface area contributed by atoms with Crippen LogP contribution in [0.25, 0.3) is 11.1 Å². The molecule has 0 radical (unpaired) electrons. The summed E-state index contributed by atoms with van der Waals surface area (Å²) >= 11 is 1.22. The topological polar surface area (TPSA) is 84.9 Å². The Hall–Kier alpha value is -3.32. The molecule has 0 saturated heterocycles. The fourth-order valence-electron chi connectivity index (χ4n) is 3.78. The molecule has 6 nitrogen and oxygen atoms in total. The smallest absolute Gasteiger partial charge is 0.346 e. The van der Waals surface area contributed by atoms with Gasteiger partial charge in [0.15, 0.2) is 0 Å². The van der Waals surface area contributed by atoms with Gasteiger partial charge in [0.05, 0.1) is 19.4 Å². The number of anilines is 1. The van der Waals surface area contributed by atoms with Crippen molar-refractivity contribution in [3.05, 3.63) is 63.8 Å². The third-order valence-corrected chi connectivity index (χ3v) is 6.50. The first-order chi connectivity index (χ1) is 15.0. The van der Waals surface area contributed by atoms with Gasteiger partial charge in [-0.05, 0) is 41.8 Å². The summed E-state index contributed by atoms with van der Waals surface area (Å²) in [5.74, 6) is 0.0388. The first kappa shape index (κ1) is 20.9. The van der Waals surface area contributed by atoms with E-state index in [1.54, 1.807) is 19.2 Å². The minimum atomic E-state index is -1.02. The first-order valence-electron chi connectivity index (χ1n) is 10.1. The lowest BCUT2D eigenvalue weighted by Crippen LogP contribution is -2.22. The Morgan fingerprint density at radius 2 is 1.97 bits per heavy atom. The van der Waals surface area contributed by atoms with Crippen molar-refractivity contribution >= 4 is 28.9 Å². The summed E-state index contributed by atoms with van der Waals surface area (Å²) in [6, 6.07) is 14.9. The second-order valence-corrected chi connectivity index (χ2v) is 8.36. The van der Waals surface area contributed by atoms with E-state index in [4.69, 9.17) is 9.47 Å². The molecule has 1 aliphatic heterocycles. The largest absolute Gasteiger partial charge is 0.497 e. The van der Waals surface area contributed by atoms with Crippen LogP contribution in [0.5, 0.6) is 11.5 Å². The summed E-state index contributed by atoms with van der Waals surface area (Å²) < 4.78 is 11.0. The number of hydrogen-bond donors (Lipinski definition) is 2. The number of ether oxygens (including phenoxy) is 2. The third-order valence-electron chi connectivity index (χ3n) is 5.21. The van der Waals surface area contributed by atoms with Crippen molar-refractivity contribution in [1.82, 2.24) is 0 Å². The maximum atomic E-state index is 12.6. The lowest BCUT2D eigenvalue weighted by Gasteiger charge is -2.24. The van der Waals surface area contributed by atoms with Gasteiger partial charge in [-0.3, -0.25) is 4.79 Å². The molecule has 2 N–H and O–H groups in total. The second kappa shape index (κ2) is 8.81. The molecule has 0 fully saturated rings. The summed E-state index contributed by atoms with van der Waals surface area (Å²) in [7, 11) is 1.58. The molecule has 160 valence electrons. The van der Waals surface area contributed by atoms with Gasteiger partial charge in [0.25, 0.3) is 0 Å². The Labute approximate surface area is 184 Å². The van der Waals surface area contributed by atoms with E-state index in [-0.39, 0.29) is 23.1 Å². The molecule has 1 aromatic heterocycles. The number of benzene rings is 2. The maximum Gasteiger partial charge on any atom is 0.346 e. The van der Waals surface area contributed by atoms with E-state index < -0.39 is 5.97 Å². The molecule has 1 amide bonds. The van der Waals surface area contributed by atoms with Crippen LogP contribution in [0.2, 0.25) is 0 Å². The number of carbonyl (C=O) groups excluding carboxylic acids is 1. The van der Waals surface area contributed by atoms with Gasteiger partial charge in [-0.25, -0.2) is 4.79 Å². The summed E-state index contributed by atoms with van der Waals surface area (Å²) in [4.78, 5) is 25.8. The van der Waals surface area contributed by atoms with Gasteiger partial charge < -0.3 is 19.9 Å². The van der Waals surface area contributed by atoms with Gasteiger partial charge in [-0.1, -0.05) is 31.2 Å². The molecular weight excluding hydrogens is 414 g/mol. The van der Waals surface area contributed by atoms with Gasteiger partial charge in [-0.15, -0.1) is 11.3 Å². The number of thiophene rings is 1. The number of hydrogen-bond acceptors (Lipinski definition) is 5. The predicted octanol–water partition coefficient (Wildman–Crippen LogP) is 5.38. The highest BCUT2D eigenvalue weighted by Gasteiger charge is 2.34. The summed E-state index contributed by atoms with van der Waals surface area (Å²) in [5.41, 5.74) is 2.76. The predicted molar refractivity (Wildman–Crippen MR) is 121 cm³/mol. The van der Waals surface area contributed by atoms with Gasteiger partial charge in [0.1, 0.15) is 16.4 Å². The molecule has 0 saturated carbocycles. The van der Waals surface area contributed by atoms with Crippen molar-refractivity contribution in [1.29, 1.82) is 0 Å². The number of fused-ring (bicyclic) bond motifs is 1. The van der Waals surface area contributed by atoms with Gasteiger partial charge in [-0.2, -0.15) is 0 Å². The standard InChI is InChI=1S/C24H23NO5S/c1-3-11-30-17-6-4-5-15(12-17)18-13-19(26)25-21-20(23(24(27)28)31-22(18)21)14-7-9-16(29-2)10-8-14/h4-10,12,18H,3,11,13H2,1-2H3,(H,25,26)(H,27,28)/t18-/m1/s1. The lowest BCUT2D eigenvalue weighted by molar-refractivity contribution is -0.116. The molecule has 2 aromatic carbocycles. The highest BCUT2D eigenvalue weighted by molar-refractivity contribution is 7.15. The van der Waals surface area contributed by atoms with E-state index in [9.17, 15) is 14.7 Å². The van der Waals surface area contributed by atoms with Gasteiger partial charge in [0, 0.05) is 22.8 Å². The second-order valence-electron chi connectivity index (χ2n) is 7.30. The Bertz CT molecular complexity index is 1120. The van der Waals surface area contributed by atoms with Crippen LogP contribution in [-0.2, 0) is 4.79 Å². The van der Waals surface area contributed by atoms with Gasteiger partial charge >= 0.3 is 5.97 Å². The molecule has 7 heteroatoms. The highest BCUT2D eigenvalue weighted by Crippen LogP contribution is 2.49. The Balaban J connectivity index is 1.83. The molecule has 1 atom stereocenters. The van der Waals surface area contributed by atoms with Crippen molar-refractivity contribution in [2.45, 2.75) is 25.7 Å². The van der Waals surface area contributed by atoms with Crippen molar-refractivity contribution in [3.63, 3.8) is 0 Å². The van der Waals surface area contributed by atoms with Crippen LogP contribution < -0.4 is 14.8 Å². The normalized spacial score (nSPS) is 15.2. The summed E-state index contributed by atoms with van der Waals surface area (Å²) in [6.07, 6.45) is 1.16. The number of carbonyl (C=O) groups is 2. The van der Waals surface area contributed by atoms with E-state index in [1.807, 2.05) is 43.3 Å². The average Bonchev–Trinajstić information content (AvgIpc) is 3.17. The number of carboxylic acids is 1. The van der Waals surface area contributed by atoms with E-state index in [0.717, 1.165) is 28.2 Å². The Morgan fingerprint density at radius 1 is 1.19 bits per heavy atom. The maximum absolute atomic E-state index is 12.6. The van der Waals surface area contributed by atoms with Crippen molar-refractivity contribution < 1.29 is 24.2 Å². The van der Waals surface area contributed by atoms with Crippen LogP contribution in [0, 0.1) is 0 Å². The molecular formula is C24H23NO5S. The molecule has 4 rings (SSSR count). The molecule has 1 aliphatic rings. The molecule has 0 unspecified atom stereocenters. The minimum Gasteiger partial charge on any atom is -0.497 e. The number of carboxylic acid groups (broad SMARTS) is 1. The molecule has 31 heavy (non-hydrogen) atoms. The zero-order valence-corrected chi connectivity index (χ0v) is 18.1. The average molecular weight is 438 g/mol. The Kier molecular flexibility index (Phi) is 5.95. The highest BCUT2D eigenvalue weighted by atomic mass is 32.1. The van der Waals surface area contributed by atoms with E-state index in [1.165, 1.54) is 11.3 Å². The zero-order valence-electron chi connectivity index (χ0n) is 17.3. The molecule has 3 aromatic rings. The fourth-order valence-corrected chi connectivity index (χ4v) is 5.03. The molecule has 0 spiro atoms. The van der Waals surface area contributed by atoms with Crippen LogP contribution in [0.1, 0.15) is 45.8 Å². The van der Waals surface area contributed by atoms with Crippen molar-refractivity contribution in [3.8, 4) is 22.6 Å². The monoisotopic (exact) mass is 437 g/mol. The van der Waals surface area contributed by atoms with Crippen LogP contribution in [0.4, 0.5) is 5.69 Å². The third kappa shape index (κ3) is 4.14. The number of methoxy groups -OCH3 is 1. The van der Waals surface area contributed by atoms with E-state index in [2.05, 4.69) is 5.32 Å². The SMILES string of the molecule is CCCOc1cccc([C@H]2CC(=O)Nc3c2sc(C(=O)O)c3-c2ccc(OC)cc2)c1. The number of nitrogens with one attached hydrogen (secondary N) is 1. The van der Waals surface area contributed by atoms with E-state index in [0.29, 0.717) is 23.6 Å². The van der Waals surface area contributed by atoms with Crippen LogP contribution in [0.15, 0.2) is 48.5 Å². The van der Waals surface area contributed by atoms with Gasteiger partial charge in [0.2, 0.25) is 5.91 Å². The summed E-state index contributed by atoms with van der Waals surface area (Å²) in [6.45, 7) is 2.66. The quantitative estimate of drug-likeness (QED) is 0.518. The van der Waals surface area contributed by atoms with Crippen molar-refractivity contribution in [2.24, 2.45) is 0 Å². The molecule has 2 heterocycles. The molecule has 0 bridgehead atoms. The van der Waals surface area contributed by atoms with Crippen molar-refractivity contribution in [2.75, 3.05) is 19.0 Å². The number of aromatic carboxylic acids is 1. The molecule has 0 aliphatic carbocycles. The first-order valence-corrected chi connectivity index (χ1v) is 10.9. The van der Waals surface area contributed by atoms with Crippen LogP contribution in [-0.4, -0.2) is 30.7 Å². The zero-order chi connectivity index (χ0) is 22.0. The number of amides is 1. The Morgan fingerprint density at radius 3 is 2.65 bits per heavy atom. The van der Waals surface area contributed by atoms with Crippen LogP contribution >= 0.6 is 11.3 Å². The lowest BCUT2D eigenvalue weighted by atomic mass is 9.88. The fraction of sp³-hybridized carbons (Fsp3) is 0.250.